The Morgan fingerprint density at radius 2 is 2.31 bits per heavy atom. The molecule has 0 aromatic carbocycles. The van der Waals surface area contributed by atoms with Crippen LogP contribution in [0.15, 0.2) is 0 Å². The van der Waals surface area contributed by atoms with Crippen molar-refractivity contribution in [1.29, 1.82) is 0 Å². The Morgan fingerprint density at radius 1 is 1.56 bits per heavy atom. The fourth-order valence-electron chi connectivity index (χ4n) is 1.93. The van der Waals surface area contributed by atoms with E-state index in [0.717, 1.165) is 5.92 Å². The van der Waals surface area contributed by atoms with E-state index in [2.05, 4.69) is 17.6 Å². The number of amides is 2. The molecule has 1 saturated heterocycles. The molecule has 2 aliphatic rings. The molecule has 90 valence electrons. The molecule has 5 nitrogen and oxygen atoms in total. The van der Waals surface area contributed by atoms with Crippen LogP contribution in [0.4, 0.5) is 4.79 Å². The second-order valence-corrected chi connectivity index (χ2v) is 4.75. The number of carbonyl (C=O) groups is 2. The largest absolute Gasteiger partial charge is 0.463 e. The molecule has 5 heteroatoms. The van der Waals surface area contributed by atoms with Gasteiger partial charge in [-0.05, 0) is 24.7 Å². The quantitative estimate of drug-likeness (QED) is 0.691. The lowest BCUT2D eigenvalue weighted by Crippen LogP contribution is -2.43. The number of urea groups is 1. The molecule has 1 saturated carbocycles. The lowest BCUT2D eigenvalue weighted by atomic mass is 10.1. The highest BCUT2D eigenvalue weighted by Gasteiger charge is 2.28. The van der Waals surface area contributed by atoms with Gasteiger partial charge >= 0.3 is 12.0 Å². The van der Waals surface area contributed by atoms with Crippen LogP contribution in [0.25, 0.3) is 0 Å². The van der Waals surface area contributed by atoms with Gasteiger partial charge in [0.1, 0.15) is 6.61 Å². The van der Waals surface area contributed by atoms with Crippen LogP contribution in [0.3, 0.4) is 0 Å². The molecule has 0 aromatic rings. The minimum atomic E-state index is -0.239. The average molecular weight is 226 g/mol. The molecule has 1 heterocycles. The number of rotatable bonds is 4. The average Bonchev–Trinajstić information content (AvgIpc) is 3.01. The van der Waals surface area contributed by atoms with E-state index in [1.807, 2.05) is 0 Å². The van der Waals surface area contributed by atoms with Crippen molar-refractivity contribution in [3.8, 4) is 0 Å². The van der Waals surface area contributed by atoms with E-state index in [0.29, 0.717) is 19.1 Å². The first-order chi connectivity index (χ1) is 7.65. The normalized spacial score (nSPS) is 26.1. The topological polar surface area (TPSA) is 67.4 Å². The number of hydrogen-bond acceptors (Lipinski definition) is 3. The van der Waals surface area contributed by atoms with Gasteiger partial charge in [0.2, 0.25) is 0 Å². The number of nitrogens with one attached hydrogen (secondary N) is 2. The predicted octanol–water partition coefficient (Wildman–Crippen LogP) is 0.647. The summed E-state index contributed by atoms with van der Waals surface area (Å²) in [4.78, 5) is 22.3. The molecule has 2 rings (SSSR count). The third-order valence-corrected chi connectivity index (χ3v) is 3.21. The highest BCUT2D eigenvalue weighted by Crippen LogP contribution is 2.35. The first kappa shape index (κ1) is 11.2. The van der Waals surface area contributed by atoms with Crippen LogP contribution in [0, 0.1) is 11.8 Å². The molecule has 2 N–H and O–H groups in total. The number of cyclic esters (lactones) is 1. The van der Waals surface area contributed by atoms with Crippen molar-refractivity contribution in [3.05, 3.63) is 0 Å². The van der Waals surface area contributed by atoms with E-state index in [-0.39, 0.29) is 24.5 Å². The Balaban J connectivity index is 1.62. The van der Waals surface area contributed by atoms with Crippen LogP contribution >= 0.6 is 0 Å². The van der Waals surface area contributed by atoms with E-state index < -0.39 is 0 Å². The lowest BCUT2D eigenvalue weighted by Gasteiger charge is -2.14. The summed E-state index contributed by atoms with van der Waals surface area (Å²) in [7, 11) is 0. The molecule has 1 unspecified atom stereocenters. The van der Waals surface area contributed by atoms with Crippen molar-refractivity contribution >= 4 is 12.0 Å². The Bertz CT molecular complexity index is 289. The second-order valence-electron chi connectivity index (χ2n) is 4.75. The summed E-state index contributed by atoms with van der Waals surface area (Å²) in [6, 6.07) is -0.362. The summed E-state index contributed by atoms with van der Waals surface area (Å²) in [5, 5.41) is 5.56. The third-order valence-electron chi connectivity index (χ3n) is 3.21. The summed E-state index contributed by atoms with van der Waals surface area (Å²) in [5.41, 5.74) is 0. The van der Waals surface area contributed by atoms with Gasteiger partial charge in [0.15, 0.2) is 0 Å². The SMILES string of the molecule is CC(CNC(=O)N[C@@H]1COC(=O)C1)C1CC1. The summed E-state index contributed by atoms with van der Waals surface area (Å²) in [6.07, 6.45) is 2.86. The molecule has 0 spiro atoms. The van der Waals surface area contributed by atoms with E-state index in [1.54, 1.807) is 0 Å². The van der Waals surface area contributed by atoms with Gasteiger partial charge in [-0.3, -0.25) is 4.79 Å². The molecule has 0 radical (unpaired) electrons. The smallest absolute Gasteiger partial charge is 0.315 e. The van der Waals surface area contributed by atoms with Gasteiger partial charge in [0.25, 0.3) is 0 Å². The number of esters is 1. The Hall–Kier alpha value is -1.26. The molecular weight excluding hydrogens is 208 g/mol. The van der Waals surface area contributed by atoms with Gasteiger partial charge in [-0.2, -0.15) is 0 Å². The number of carbonyl (C=O) groups excluding carboxylic acids is 2. The van der Waals surface area contributed by atoms with Crippen LogP contribution in [0.2, 0.25) is 0 Å². The lowest BCUT2D eigenvalue weighted by molar-refractivity contribution is -0.137. The fraction of sp³-hybridized carbons (Fsp3) is 0.818. The zero-order chi connectivity index (χ0) is 11.5. The Morgan fingerprint density at radius 3 is 2.88 bits per heavy atom. The van der Waals surface area contributed by atoms with Crippen molar-refractivity contribution in [2.75, 3.05) is 13.2 Å². The van der Waals surface area contributed by atoms with Gasteiger partial charge in [0, 0.05) is 6.54 Å². The van der Waals surface area contributed by atoms with Gasteiger partial charge in [-0.25, -0.2) is 4.79 Å². The fourth-order valence-corrected chi connectivity index (χ4v) is 1.93. The molecule has 2 fully saturated rings. The minimum Gasteiger partial charge on any atom is -0.463 e. The van der Waals surface area contributed by atoms with E-state index >= 15 is 0 Å². The van der Waals surface area contributed by atoms with Crippen molar-refractivity contribution in [3.63, 3.8) is 0 Å². The van der Waals surface area contributed by atoms with Crippen molar-refractivity contribution in [2.24, 2.45) is 11.8 Å². The molecule has 16 heavy (non-hydrogen) atoms. The zero-order valence-electron chi connectivity index (χ0n) is 9.49. The first-order valence-electron chi connectivity index (χ1n) is 5.85. The first-order valence-corrected chi connectivity index (χ1v) is 5.85. The molecule has 1 aliphatic heterocycles. The minimum absolute atomic E-state index is 0.163. The van der Waals surface area contributed by atoms with Crippen LogP contribution in [0.5, 0.6) is 0 Å². The van der Waals surface area contributed by atoms with Gasteiger partial charge < -0.3 is 15.4 Å². The molecule has 1 aliphatic carbocycles. The van der Waals surface area contributed by atoms with E-state index in [1.165, 1.54) is 12.8 Å². The summed E-state index contributed by atoms with van der Waals surface area (Å²) >= 11 is 0. The molecule has 2 atom stereocenters. The Kier molecular flexibility index (Phi) is 3.31. The summed E-state index contributed by atoms with van der Waals surface area (Å²) < 4.78 is 4.76. The molecule has 0 bridgehead atoms. The maximum atomic E-state index is 11.5. The second kappa shape index (κ2) is 4.72. The van der Waals surface area contributed by atoms with Crippen LogP contribution in [0.1, 0.15) is 26.2 Å². The highest BCUT2D eigenvalue weighted by atomic mass is 16.5. The predicted molar refractivity (Wildman–Crippen MR) is 57.8 cm³/mol. The van der Waals surface area contributed by atoms with Gasteiger partial charge in [-0.1, -0.05) is 6.92 Å². The molecular formula is C11H18N2O3. The van der Waals surface area contributed by atoms with Crippen molar-refractivity contribution in [2.45, 2.75) is 32.2 Å². The van der Waals surface area contributed by atoms with Crippen molar-refractivity contribution in [1.82, 2.24) is 10.6 Å². The zero-order valence-corrected chi connectivity index (χ0v) is 9.49. The highest BCUT2D eigenvalue weighted by molar-refractivity contribution is 5.77. The van der Waals surface area contributed by atoms with Crippen molar-refractivity contribution < 1.29 is 14.3 Å². The monoisotopic (exact) mass is 226 g/mol. The van der Waals surface area contributed by atoms with Crippen LogP contribution < -0.4 is 10.6 Å². The van der Waals surface area contributed by atoms with Crippen LogP contribution in [-0.2, 0) is 9.53 Å². The Labute approximate surface area is 94.9 Å². The number of ether oxygens (including phenoxy) is 1. The van der Waals surface area contributed by atoms with Gasteiger partial charge in [0.05, 0.1) is 12.5 Å². The molecule has 2 amide bonds. The third kappa shape index (κ3) is 3.12. The van der Waals surface area contributed by atoms with E-state index in [4.69, 9.17) is 4.74 Å². The maximum absolute atomic E-state index is 11.5. The summed E-state index contributed by atoms with van der Waals surface area (Å²) in [6.45, 7) is 3.16. The standard InChI is InChI=1S/C11H18N2O3/c1-7(8-2-3-8)5-12-11(15)13-9-4-10(14)16-6-9/h7-9H,2-6H2,1H3,(H2,12,13,15)/t7?,9-/m0/s1. The maximum Gasteiger partial charge on any atom is 0.315 e. The molecule has 0 aromatic heterocycles. The van der Waals surface area contributed by atoms with Crippen LogP contribution in [-0.4, -0.2) is 31.2 Å². The summed E-state index contributed by atoms with van der Waals surface area (Å²) in [5.74, 6) is 1.10. The van der Waals surface area contributed by atoms with Gasteiger partial charge in [-0.15, -0.1) is 0 Å². The number of hydrogen-bond donors (Lipinski definition) is 2. The van der Waals surface area contributed by atoms with E-state index in [9.17, 15) is 9.59 Å².